The van der Waals surface area contributed by atoms with Crippen LogP contribution in [0.2, 0.25) is 0 Å². The van der Waals surface area contributed by atoms with Crippen LogP contribution >= 0.6 is 0 Å². The van der Waals surface area contributed by atoms with Gasteiger partial charge in [0, 0.05) is 32.1 Å². The van der Waals surface area contributed by atoms with E-state index in [1.807, 2.05) is 0 Å². The summed E-state index contributed by atoms with van der Waals surface area (Å²) in [6.07, 6.45) is 13.7. The summed E-state index contributed by atoms with van der Waals surface area (Å²) >= 11 is 0. The molecule has 0 amide bonds. The molecule has 0 saturated heterocycles. The van der Waals surface area contributed by atoms with E-state index in [0.29, 0.717) is 61.2 Å². The second-order valence-corrected chi connectivity index (χ2v) is 14.6. The molecule has 5 fully saturated rings. The number of hydrogen-bond donors (Lipinski definition) is 5. The van der Waals surface area contributed by atoms with Gasteiger partial charge < -0.3 is 25.5 Å². The second kappa shape index (κ2) is 12.5. The monoisotopic (exact) mass is 550 g/mol. The Morgan fingerprint density at radius 3 is 2.00 bits per heavy atom. The van der Waals surface area contributed by atoms with E-state index in [0.717, 1.165) is 49.9 Å². The van der Waals surface area contributed by atoms with Gasteiger partial charge in [-0.2, -0.15) is 0 Å². The fourth-order valence-corrected chi connectivity index (χ4v) is 9.98. The topological polar surface area (TPSA) is 118 Å². The molecule has 5 aliphatic rings. The quantitative estimate of drug-likeness (QED) is 0.201. The number of fused-ring (bicyclic) bond motifs is 5. The summed E-state index contributed by atoms with van der Waals surface area (Å²) in [6, 6.07) is 0. The van der Waals surface area contributed by atoms with Gasteiger partial charge in [-0.3, -0.25) is 4.79 Å². The lowest BCUT2D eigenvalue weighted by Gasteiger charge is -2.61. The molecule has 5 N–H and O–H groups in total. The summed E-state index contributed by atoms with van der Waals surface area (Å²) in [5.41, 5.74) is 0.640. The van der Waals surface area contributed by atoms with Crippen molar-refractivity contribution in [2.75, 3.05) is 0 Å². The van der Waals surface area contributed by atoms with E-state index in [1.54, 1.807) is 0 Å². The van der Waals surface area contributed by atoms with Crippen LogP contribution < -0.4 is 0 Å². The summed E-state index contributed by atoms with van der Waals surface area (Å²) < 4.78 is 0. The molecule has 8 unspecified atom stereocenters. The van der Waals surface area contributed by atoms with E-state index in [-0.39, 0.29) is 5.41 Å². The molecule has 8 atom stereocenters. The highest BCUT2D eigenvalue weighted by Crippen LogP contribution is 2.68. The van der Waals surface area contributed by atoms with E-state index < -0.39 is 17.5 Å². The highest BCUT2D eigenvalue weighted by molar-refractivity contribution is 5.66. The minimum Gasteiger partial charge on any atom is -0.481 e. The highest BCUT2D eigenvalue weighted by Gasteiger charge is 2.61. The Morgan fingerprint density at radius 1 is 0.795 bits per heavy atom. The largest absolute Gasteiger partial charge is 0.481 e. The van der Waals surface area contributed by atoms with Crippen LogP contribution in [-0.2, 0) is 4.79 Å². The van der Waals surface area contributed by atoms with Crippen molar-refractivity contribution in [3.8, 4) is 0 Å². The number of aliphatic hydroxyl groups is 4. The first kappa shape index (κ1) is 32.6. The van der Waals surface area contributed by atoms with Crippen molar-refractivity contribution < 1.29 is 30.3 Å². The zero-order chi connectivity index (χ0) is 29.2. The first-order chi connectivity index (χ1) is 18.2. The fourth-order valence-electron chi connectivity index (χ4n) is 9.98. The van der Waals surface area contributed by atoms with Gasteiger partial charge in [0.05, 0.1) is 0 Å². The fraction of sp³-hybridized carbons (Fsp3) is 0.909. The zero-order valence-electron chi connectivity index (χ0n) is 25.2. The number of hydrogen-bond acceptors (Lipinski definition) is 5. The predicted octanol–water partition coefficient (Wildman–Crippen LogP) is 6.51. The summed E-state index contributed by atoms with van der Waals surface area (Å²) in [7, 11) is 0. The molecular weight excluding hydrogens is 492 g/mol. The standard InChI is InChI=1S/C24H40O4.C7H14O2.C2H4/c1-15(4-9-21(25)26)18-7-8-19-17-6-5-16-14-24(27,28)13-12-22(16,2)20(17)10-11-23(18,19)3;1-6-2-4-7(8,9)5-3-6;1-2/h15-20,27-28H,4-14H2,1-3H3,(H,25,26);6,8-9H,2-5H2,1H3;1-2H2. The molecule has 0 aromatic heterocycles. The molecule has 5 saturated carbocycles. The smallest absolute Gasteiger partial charge is 0.303 e. The minimum absolute atomic E-state index is 0.270. The average molecular weight is 551 g/mol. The molecule has 0 heterocycles. The van der Waals surface area contributed by atoms with Crippen LogP contribution in [0, 0.1) is 52.3 Å². The number of carbonyl (C=O) groups is 1. The van der Waals surface area contributed by atoms with Crippen LogP contribution in [0.4, 0.5) is 0 Å². The Bertz CT molecular complexity index is 815. The van der Waals surface area contributed by atoms with Gasteiger partial charge in [0.25, 0.3) is 0 Å². The SMILES string of the molecule is C=C.CC(CCC(=O)O)C1CCC2C3CCC4CC(O)(O)CCC4(C)C3CCC12C.CC1CCC(O)(O)CC1. The van der Waals surface area contributed by atoms with Crippen LogP contribution in [-0.4, -0.2) is 43.1 Å². The maximum atomic E-state index is 11.0. The Morgan fingerprint density at radius 2 is 1.41 bits per heavy atom. The molecule has 226 valence electrons. The van der Waals surface area contributed by atoms with Gasteiger partial charge >= 0.3 is 5.97 Å². The molecule has 6 heteroatoms. The van der Waals surface area contributed by atoms with Crippen molar-refractivity contribution in [2.24, 2.45) is 52.3 Å². The number of carboxylic acids is 1. The molecule has 0 bridgehead atoms. The Kier molecular flexibility index (Phi) is 10.4. The van der Waals surface area contributed by atoms with E-state index in [4.69, 9.17) is 15.3 Å². The molecule has 0 aromatic carbocycles. The van der Waals surface area contributed by atoms with Gasteiger partial charge in [-0.25, -0.2) is 0 Å². The van der Waals surface area contributed by atoms with Crippen LogP contribution in [0.5, 0.6) is 0 Å². The van der Waals surface area contributed by atoms with Crippen molar-refractivity contribution in [3.63, 3.8) is 0 Å². The first-order valence-electron chi connectivity index (χ1n) is 15.8. The summed E-state index contributed by atoms with van der Waals surface area (Å²) in [5, 5.41) is 47.6. The summed E-state index contributed by atoms with van der Waals surface area (Å²) in [4.78, 5) is 11.0. The van der Waals surface area contributed by atoms with Gasteiger partial charge in [-0.15, -0.1) is 13.2 Å². The first-order valence-corrected chi connectivity index (χ1v) is 15.8. The Balaban J connectivity index is 0.000000322. The van der Waals surface area contributed by atoms with Gasteiger partial charge in [-0.1, -0.05) is 27.7 Å². The van der Waals surface area contributed by atoms with Crippen LogP contribution in [0.15, 0.2) is 13.2 Å². The molecule has 0 aliphatic heterocycles. The van der Waals surface area contributed by atoms with Crippen LogP contribution in [0.1, 0.15) is 124 Å². The lowest BCUT2D eigenvalue weighted by atomic mass is 9.44. The average Bonchev–Trinajstić information content (AvgIpc) is 3.24. The number of carboxylic acid groups (broad SMARTS) is 1. The van der Waals surface area contributed by atoms with Crippen molar-refractivity contribution in [1.29, 1.82) is 0 Å². The van der Waals surface area contributed by atoms with Crippen molar-refractivity contribution in [2.45, 2.75) is 136 Å². The molecule has 0 spiro atoms. The second-order valence-electron chi connectivity index (χ2n) is 14.6. The van der Waals surface area contributed by atoms with Gasteiger partial charge in [-0.05, 0) is 116 Å². The van der Waals surface area contributed by atoms with E-state index in [9.17, 15) is 15.0 Å². The molecule has 39 heavy (non-hydrogen) atoms. The third-order valence-corrected chi connectivity index (χ3v) is 12.4. The highest BCUT2D eigenvalue weighted by atomic mass is 16.5. The molecule has 5 rings (SSSR count). The number of rotatable bonds is 4. The molecule has 0 radical (unpaired) electrons. The zero-order valence-corrected chi connectivity index (χ0v) is 25.2. The number of aliphatic carboxylic acids is 1. The lowest BCUT2D eigenvalue weighted by Crippen LogP contribution is -2.56. The normalized spacial score (nSPS) is 41.3. The van der Waals surface area contributed by atoms with Crippen LogP contribution in [0.25, 0.3) is 0 Å². The van der Waals surface area contributed by atoms with Gasteiger partial charge in [0.2, 0.25) is 0 Å². The van der Waals surface area contributed by atoms with E-state index >= 15 is 0 Å². The lowest BCUT2D eigenvalue weighted by molar-refractivity contribution is -0.233. The van der Waals surface area contributed by atoms with Crippen molar-refractivity contribution >= 4 is 5.97 Å². The molecule has 5 aliphatic carbocycles. The third-order valence-electron chi connectivity index (χ3n) is 12.4. The van der Waals surface area contributed by atoms with Crippen molar-refractivity contribution in [1.82, 2.24) is 0 Å². The van der Waals surface area contributed by atoms with Gasteiger partial charge in [0.1, 0.15) is 0 Å². The maximum absolute atomic E-state index is 11.0. The summed E-state index contributed by atoms with van der Waals surface area (Å²) in [5.74, 6) is 1.12. The third kappa shape index (κ3) is 7.10. The molecular formula is C33H58O6. The minimum atomic E-state index is -1.45. The Labute approximate surface area is 237 Å². The van der Waals surface area contributed by atoms with Crippen molar-refractivity contribution in [3.05, 3.63) is 13.2 Å². The van der Waals surface area contributed by atoms with Crippen LogP contribution in [0.3, 0.4) is 0 Å². The van der Waals surface area contributed by atoms with E-state index in [2.05, 4.69) is 40.9 Å². The molecule has 6 nitrogen and oxygen atoms in total. The molecule has 0 aromatic rings. The van der Waals surface area contributed by atoms with E-state index in [1.165, 1.54) is 32.1 Å². The maximum Gasteiger partial charge on any atom is 0.303 e. The predicted molar refractivity (Wildman–Crippen MR) is 154 cm³/mol. The Hall–Kier alpha value is -0.950. The van der Waals surface area contributed by atoms with Gasteiger partial charge in [0.15, 0.2) is 11.6 Å². The summed E-state index contributed by atoms with van der Waals surface area (Å²) in [6.45, 7) is 15.4.